The molecule has 0 atom stereocenters. The fraction of sp³-hybridized carbons (Fsp3) is 0. The molecule has 0 bridgehead atoms. The predicted octanol–water partition coefficient (Wildman–Crippen LogP) is 3.49. The monoisotopic (exact) mass is 370 g/mol. The molecule has 2 aromatic carbocycles. The van der Waals surface area contributed by atoms with E-state index in [1.807, 2.05) is 6.07 Å². The van der Waals surface area contributed by atoms with Crippen molar-refractivity contribution < 1.29 is 14.6 Å². The van der Waals surface area contributed by atoms with Crippen LogP contribution in [0.2, 0.25) is 0 Å². The molecule has 0 heterocycles. The third-order valence-corrected chi connectivity index (χ3v) is 3.35. The number of non-ortho nitro benzene ring substituents is 1. The van der Waals surface area contributed by atoms with E-state index in [2.05, 4.69) is 0 Å². The largest absolute Gasteiger partial charge is 0.450 e. The maximum atomic E-state index is 11.1. The van der Waals surface area contributed by atoms with Gasteiger partial charge in [0, 0.05) is 6.07 Å². The number of hydrogen-bond donors (Lipinski definition) is 1. The second-order valence-electron chi connectivity index (χ2n) is 4.87. The van der Waals surface area contributed by atoms with Crippen LogP contribution in [0.4, 0.5) is 11.4 Å². The van der Waals surface area contributed by atoms with Crippen LogP contribution >= 0.6 is 12.2 Å². The lowest BCUT2D eigenvalue weighted by atomic mass is 10.1. The minimum absolute atomic E-state index is 0.0650. The highest BCUT2D eigenvalue weighted by Gasteiger charge is 2.21. The van der Waals surface area contributed by atoms with E-state index in [-0.39, 0.29) is 22.1 Å². The first-order valence-corrected chi connectivity index (χ1v) is 7.35. The highest BCUT2D eigenvalue weighted by molar-refractivity contribution is 7.80. The average Bonchev–Trinajstić information content (AvgIpc) is 2.59. The van der Waals surface area contributed by atoms with Crippen molar-refractivity contribution in [2.24, 2.45) is 5.73 Å². The van der Waals surface area contributed by atoms with Gasteiger partial charge in [-0.1, -0.05) is 24.4 Å². The van der Waals surface area contributed by atoms with Crippen molar-refractivity contribution >= 4 is 34.7 Å². The molecule has 2 aromatic rings. The SMILES string of the molecule is N#C/C(=C\c1cccc(Oc2ccc([N+](=O)[O-])cc2[N+](=O)[O-])c1)C(N)=S. The Morgan fingerprint density at radius 3 is 2.50 bits per heavy atom. The first-order valence-electron chi connectivity index (χ1n) is 6.94. The van der Waals surface area contributed by atoms with Crippen LogP contribution < -0.4 is 10.5 Å². The molecule has 0 aromatic heterocycles. The van der Waals surface area contributed by atoms with Crippen molar-refractivity contribution in [3.05, 3.63) is 73.8 Å². The Morgan fingerprint density at radius 2 is 1.92 bits per heavy atom. The van der Waals surface area contributed by atoms with Gasteiger partial charge in [-0.05, 0) is 29.8 Å². The van der Waals surface area contributed by atoms with Gasteiger partial charge < -0.3 is 10.5 Å². The summed E-state index contributed by atoms with van der Waals surface area (Å²) in [5.41, 5.74) is 5.10. The Labute approximate surface area is 152 Å². The summed E-state index contributed by atoms with van der Waals surface area (Å²) in [4.78, 5) is 20.3. The normalized spacial score (nSPS) is 10.7. The first kappa shape index (κ1) is 18.5. The smallest absolute Gasteiger partial charge is 0.318 e. The lowest BCUT2D eigenvalue weighted by Gasteiger charge is -2.07. The second kappa shape index (κ2) is 7.82. The van der Waals surface area contributed by atoms with Crippen LogP contribution in [0.25, 0.3) is 6.08 Å². The van der Waals surface area contributed by atoms with Gasteiger partial charge in [-0.25, -0.2) is 0 Å². The number of hydrogen-bond acceptors (Lipinski definition) is 7. The molecule has 2 N–H and O–H groups in total. The molecule has 9 nitrogen and oxygen atoms in total. The van der Waals surface area contributed by atoms with E-state index in [0.717, 1.165) is 18.2 Å². The molecule has 0 spiro atoms. The van der Waals surface area contributed by atoms with Gasteiger partial charge in [-0.2, -0.15) is 5.26 Å². The Balaban J connectivity index is 2.39. The zero-order valence-electron chi connectivity index (χ0n) is 13.0. The summed E-state index contributed by atoms with van der Waals surface area (Å²) in [5.74, 6) is 0.0764. The zero-order chi connectivity index (χ0) is 19.3. The van der Waals surface area contributed by atoms with Crippen molar-refractivity contribution in [3.63, 3.8) is 0 Å². The Kier molecular flexibility index (Phi) is 5.56. The van der Waals surface area contributed by atoms with Gasteiger partial charge in [0.2, 0.25) is 5.75 Å². The van der Waals surface area contributed by atoms with Crippen LogP contribution in [0, 0.1) is 31.6 Å². The quantitative estimate of drug-likeness (QED) is 0.267. The second-order valence-corrected chi connectivity index (χ2v) is 5.31. The molecule has 0 aliphatic rings. The molecule has 26 heavy (non-hydrogen) atoms. The molecule has 0 aliphatic heterocycles. The molecule has 0 amide bonds. The van der Waals surface area contributed by atoms with E-state index < -0.39 is 21.2 Å². The van der Waals surface area contributed by atoms with Gasteiger partial charge in [0.15, 0.2) is 0 Å². The molecular formula is C16H10N4O5S. The summed E-state index contributed by atoms with van der Waals surface area (Å²) in [6.45, 7) is 0. The molecule has 0 saturated carbocycles. The third-order valence-electron chi connectivity index (χ3n) is 3.13. The number of nitrogens with zero attached hydrogens (tertiary/aromatic N) is 3. The first-order chi connectivity index (χ1) is 12.3. The van der Waals surface area contributed by atoms with Crippen molar-refractivity contribution in [2.45, 2.75) is 0 Å². The third kappa shape index (κ3) is 4.37. The van der Waals surface area contributed by atoms with Crippen molar-refractivity contribution in [1.82, 2.24) is 0 Å². The van der Waals surface area contributed by atoms with Gasteiger partial charge in [0.1, 0.15) is 16.8 Å². The van der Waals surface area contributed by atoms with Crippen molar-refractivity contribution in [1.29, 1.82) is 5.26 Å². The summed E-state index contributed by atoms with van der Waals surface area (Å²) in [5, 5.41) is 30.9. The van der Waals surface area contributed by atoms with E-state index in [4.69, 9.17) is 28.0 Å². The molecule has 0 radical (unpaired) electrons. The Morgan fingerprint density at radius 1 is 1.19 bits per heavy atom. The van der Waals surface area contributed by atoms with Gasteiger partial charge in [-0.15, -0.1) is 0 Å². The van der Waals surface area contributed by atoms with E-state index in [0.29, 0.717) is 5.56 Å². The van der Waals surface area contributed by atoms with Crippen molar-refractivity contribution in [2.75, 3.05) is 0 Å². The number of nitriles is 1. The van der Waals surface area contributed by atoms with Gasteiger partial charge >= 0.3 is 5.69 Å². The summed E-state index contributed by atoms with van der Waals surface area (Å²) < 4.78 is 5.48. The summed E-state index contributed by atoms with van der Waals surface area (Å²) in [7, 11) is 0. The number of benzene rings is 2. The molecule has 0 aliphatic carbocycles. The molecule has 0 saturated heterocycles. The van der Waals surface area contributed by atoms with Crippen LogP contribution in [0.3, 0.4) is 0 Å². The van der Waals surface area contributed by atoms with Gasteiger partial charge in [0.05, 0.1) is 21.5 Å². The fourth-order valence-electron chi connectivity index (χ4n) is 1.97. The molecule has 0 unspecified atom stereocenters. The average molecular weight is 370 g/mol. The number of rotatable bonds is 6. The van der Waals surface area contributed by atoms with E-state index in [1.165, 1.54) is 18.2 Å². The molecule has 10 heteroatoms. The molecule has 0 fully saturated rings. The topological polar surface area (TPSA) is 145 Å². The Hall–Kier alpha value is -3.84. The van der Waals surface area contributed by atoms with E-state index in [9.17, 15) is 20.2 Å². The summed E-state index contributed by atoms with van der Waals surface area (Å²) >= 11 is 4.76. The number of nitro benzene ring substituents is 2. The Bertz CT molecular complexity index is 981. The zero-order valence-corrected chi connectivity index (χ0v) is 13.8. The number of thiocarbonyl (C=S) groups is 1. The lowest BCUT2D eigenvalue weighted by Crippen LogP contribution is -2.09. The predicted molar refractivity (Wildman–Crippen MR) is 96.6 cm³/mol. The van der Waals surface area contributed by atoms with Gasteiger partial charge in [0.25, 0.3) is 5.69 Å². The van der Waals surface area contributed by atoms with E-state index >= 15 is 0 Å². The van der Waals surface area contributed by atoms with Crippen LogP contribution in [-0.4, -0.2) is 14.8 Å². The van der Waals surface area contributed by atoms with Crippen LogP contribution in [0.5, 0.6) is 11.5 Å². The number of ether oxygens (including phenoxy) is 1. The number of nitro groups is 2. The maximum Gasteiger partial charge on any atom is 0.318 e. The fourth-order valence-corrected chi connectivity index (χ4v) is 2.07. The molecular weight excluding hydrogens is 360 g/mol. The maximum absolute atomic E-state index is 11.1. The lowest BCUT2D eigenvalue weighted by molar-refractivity contribution is -0.394. The van der Waals surface area contributed by atoms with E-state index in [1.54, 1.807) is 12.1 Å². The van der Waals surface area contributed by atoms with Crippen LogP contribution in [0.1, 0.15) is 5.56 Å². The molecule has 2 rings (SSSR count). The van der Waals surface area contributed by atoms with Crippen LogP contribution in [0.15, 0.2) is 48.0 Å². The van der Waals surface area contributed by atoms with Gasteiger partial charge in [-0.3, -0.25) is 20.2 Å². The number of nitrogens with two attached hydrogens (primary N) is 1. The van der Waals surface area contributed by atoms with Crippen molar-refractivity contribution in [3.8, 4) is 17.6 Å². The highest BCUT2D eigenvalue weighted by atomic mass is 32.1. The van der Waals surface area contributed by atoms with Crippen LogP contribution in [-0.2, 0) is 0 Å². The minimum Gasteiger partial charge on any atom is -0.450 e. The molecule has 130 valence electrons. The standard InChI is InChI=1S/C16H10N4O5S/c17-9-11(16(18)26)6-10-2-1-3-13(7-10)25-15-5-4-12(19(21)22)8-14(15)20(23)24/h1-8H,(H2,18,26)/b11-6+. The minimum atomic E-state index is -0.771. The highest BCUT2D eigenvalue weighted by Crippen LogP contribution is 2.34. The summed E-state index contributed by atoms with van der Waals surface area (Å²) in [6, 6.07) is 11.2. The summed E-state index contributed by atoms with van der Waals surface area (Å²) in [6.07, 6.45) is 1.44.